The average molecular weight is 529 g/mol. The third-order valence-corrected chi connectivity index (χ3v) is 6.08. The number of hydrogen-bond donors (Lipinski definition) is 4. The number of anilines is 2. The molecular weight excluding hydrogens is 512 g/mol. The van der Waals surface area contributed by atoms with Gasteiger partial charge < -0.3 is 20.8 Å². The van der Waals surface area contributed by atoms with E-state index in [0.29, 0.717) is 11.4 Å². The van der Waals surface area contributed by atoms with Gasteiger partial charge in [-0.3, -0.25) is 9.59 Å². The Balaban J connectivity index is 1.61. The summed E-state index contributed by atoms with van der Waals surface area (Å²) in [5.74, 6) is -3.36. The first-order valence-corrected chi connectivity index (χ1v) is 11.2. The first kappa shape index (κ1) is 24.0. The number of amides is 2. The molecule has 0 bridgehead atoms. The minimum Gasteiger partial charge on any atom is -0.478 e. The van der Waals surface area contributed by atoms with Gasteiger partial charge in [0.25, 0.3) is 5.91 Å². The molecular formula is C23H17BrN2O6S. The Kier molecular flexibility index (Phi) is 7.86. The van der Waals surface area contributed by atoms with Crippen LogP contribution in [-0.4, -0.2) is 39.7 Å². The topological polar surface area (TPSA) is 133 Å². The quantitative estimate of drug-likeness (QED) is 0.307. The number of rotatable bonds is 8. The molecule has 0 heterocycles. The number of carboxylic acids is 2. The second-order valence-electron chi connectivity index (χ2n) is 6.67. The number of carbonyl (C=O) groups excluding carboxylic acids is 2. The van der Waals surface area contributed by atoms with Gasteiger partial charge in [0.05, 0.1) is 28.1 Å². The van der Waals surface area contributed by atoms with Crippen molar-refractivity contribution in [3.8, 4) is 0 Å². The van der Waals surface area contributed by atoms with E-state index in [1.807, 2.05) is 18.2 Å². The molecule has 3 rings (SSSR count). The highest BCUT2D eigenvalue weighted by atomic mass is 79.9. The zero-order chi connectivity index (χ0) is 24.0. The van der Waals surface area contributed by atoms with Crippen molar-refractivity contribution in [2.45, 2.75) is 4.90 Å². The van der Waals surface area contributed by atoms with Crippen LogP contribution in [0.4, 0.5) is 11.4 Å². The van der Waals surface area contributed by atoms with E-state index in [-0.39, 0.29) is 22.8 Å². The Labute approximate surface area is 201 Å². The molecule has 0 spiro atoms. The number of carbonyl (C=O) groups is 4. The van der Waals surface area contributed by atoms with Crippen LogP contribution in [0.1, 0.15) is 31.1 Å². The summed E-state index contributed by atoms with van der Waals surface area (Å²) in [5, 5.41) is 23.8. The molecule has 3 aromatic carbocycles. The molecule has 0 aliphatic rings. The van der Waals surface area contributed by atoms with Gasteiger partial charge in [0.2, 0.25) is 5.91 Å². The predicted octanol–water partition coefficient (Wildman–Crippen LogP) is 4.83. The number of thioether (sulfide) groups is 1. The fourth-order valence-corrected chi connectivity index (χ4v) is 3.87. The Morgan fingerprint density at radius 2 is 1.52 bits per heavy atom. The third kappa shape index (κ3) is 6.43. The number of halogens is 1. The van der Waals surface area contributed by atoms with Crippen LogP contribution in [0, 0.1) is 0 Å². The van der Waals surface area contributed by atoms with E-state index in [1.54, 1.807) is 30.3 Å². The first-order valence-electron chi connectivity index (χ1n) is 9.44. The molecule has 0 saturated carbocycles. The standard InChI is InChI=1S/C23H17BrN2O6S/c24-18-3-1-2-4-19(18)26-20(27)12-33-15-8-6-14(7-9-15)25-21(28)16-10-5-13(22(29)30)11-17(16)23(31)32/h1-11H,12H2,(H,25,28)(H,26,27)(H,29,30)(H,31,32). The normalized spacial score (nSPS) is 10.3. The lowest BCUT2D eigenvalue weighted by molar-refractivity contribution is -0.113. The number of para-hydroxylation sites is 1. The molecule has 2 amide bonds. The molecule has 168 valence electrons. The summed E-state index contributed by atoms with van der Waals surface area (Å²) >= 11 is 4.69. The number of carboxylic acid groups (broad SMARTS) is 2. The monoisotopic (exact) mass is 528 g/mol. The summed E-state index contributed by atoms with van der Waals surface area (Å²) in [6, 6.07) is 17.2. The number of nitrogens with one attached hydrogen (secondary N) is 2. The SMILES string of the molecule is O=C(CSc1ccc(NC(=O)c2ccc(C(=O)O)cc2C(=O)O)cc1)Nc1ccccc1Br. The molecule has 0 saturated heterocycles. The van der Waals surface area contributed by atoms with Crippen molar-refractivity contribution in [2.75, 3.05) is 16.4 Å². The van der Waals surface area contributed by atoms with E-state index in [0.717, 1.165) is 21.5 Å². The number of hydrogen-bond acceptors (Lipinski definition) is 5. The molecule has 33 heavy (non-hydrogen) atoms. The fourth-order valence-electron chi connectivity index (χ4n) is 2.78. The van der Waals surface area contributed by atoms with Crippen LogP contribution < -0.4 is 10.6 Å². The van der Waals surface area contributed by atoms with Crippen LogP contribution in [0.5, 0.6) is 0 Å². The lowest BCUT2D eigenvalue weighted by atomic mass is 10.0. The van der Waals surface area contributed by atoms with Crippen LogP contribution in [0.15, 0.2) is 76.1 Å². The summed E-state index contributed by atoms with van der Waals surface area (Å²) in [5.41, 5.74) is 0.304. The molecule has 0 aliphatic heterocycles. The van der Waals surface area contributed by atoms with Gasteiger partial charge in [-0.15, -0.1) is 11.8 Å². The van der Waals surface area contributed by atoms with Crippen molar-refractivity contribution < 1.29 is 29.4 Å². The van der Waals surface area contributed by atoms with E-state index in [2.05, 4.69) is 26.6 Å². The molecule has 10 heteroatoms. The van der Waals surface area contributed by atoms with Crippen LogP contribution in [-0.2, 0) is 4.79 Å². The highest BCUT2D eigenvalue weighted by Gasteiger charge is 2.19. The molecule has 0 aromatic heterocycles. The van der Waals surface area contributed by atoms with Crippen molar-refractivity contribution in [1.82, 2.24) is 0 Å². The lowest BCUT2D eigenvalue weighted by Gasteiger charge is -2.10. The van der Waals surface area contributed by atoms with Crippen LogP contribution in [0.3, 0.4) is 0 Å². The van der Waals surface area contributed by atoms with E-state index in [9.17, 15) is 24.3 Å². The predicted molar refractivity (Wildman–Crippen MR) is 128 cm³/mol. The molecule has 3 aromatic rings. The second-order valence-corrected chi connectivity index (χ2v) is 8.57. The van der Waals surface area contributed by atoms with Crippen LogP contribution >= 0.6 is 27.7 Å². The maximum absolute atomic E-state index is 12.5. The second kappa shape index (κ2) is 10.8. The minimum atomic E-state index is -1.41. The summed E-state index contributed by atoms with van der Waals surface area (Å²) < 4.78 is 0.784. The zero-order valence-corrected chi connectivity index (χ0v) is 19.3. The van der Waals surface area contributed by atoms with Gasteiger partial charge >= 0.3 is 11.9 Å². The van der Waals surface area contributed by atoms with Crippen LogP contribution in [0.25, 0.3) is 0 Å². The Morgan fingerprint density at radius 3 is 2.15 bits per heavy atom. The third-order valence-electron chi connectivity index (χ3n) is 4.37. The lowest BCUT2D eigenvalue weighted by Crippen LogP contribution is -2.17. The maximum Gasteiger partial charge on any atom is 0.336 e. The van der Waals surface area contributed by atoms with E-state index >= 15 is 0 Å². The summed E-state index contributed by atoms with van der Waals surface area (Å²) in [6.45, 7) is 0. The van der Waals surface area contributed by atoms with Gasteiger partial charge in [-0.2, -0.15) is 0 Å². The highest BCUT2D eigenvalue weighted by Crippen LogP contribution is 2.24. The van der Waals surface area contributed by atoms with Gasteiger partial charge in [0.1, 0.15) is 0 Å². The first-order chi connectivity index (χ1) is 15.7. The summed E-state index contributed by atoms with van der Waals surface area (Å²) in [4.78, 5) is 48.0. The van der Waals surface area contributed by atoms with E-state index < -0.39 is 23.4 Å². The number of aromatic carboxylic acids is 2. The molecule has 8 nitrogen and oxygen atoms in total. The van der Waals surface area contributed by atoms with Gasteiger partial charge in [0.15, 0.2) is 0 Å². The largest absolute Gasteiger partial charge is 0.478 e. The molecule has 0 aliphatic carbocycles. The summed E-state index contributed by atoms with van der Waals surface area (Å²) in [7, 11) is 0. The smallest absolute Gasteiger partial charge is 0.336 e. The Morgan fingerprint density at radius 1 is 0.818 bits per heavy atom. The van der Waals surface area contributed by atoms with Crippen molar-refractivity contribution in [3.05, 3.63) is 87.9 Å². The van der Waals surface area contributed by atoms with Crippen molar-refractivity contribution >= 4 is 62.8 Å². The fraction of sp³-hybridized carbons (Fsp3) is 0.0435. The number of benzene rings is 3. The van der Waals surface area contributed by atoms with Crippen molar-refractivity contribution in [2.24, 2.45) is 0 Å². The van der Waals surface area contributed by atoms with E-state index in [4.69, 9.17) is 5.11 Å². The van der Waals surface area contributed by atoms with Gasteiger partial charge in [-0.1, -0.05) is 12.1 Å². The molecule has 4 N–H and O–H groups in total. The molecule has 0 unspecified atom stereocenters. The van der Waals surface area contributed by atoms with Gasteiger partial charge in [-0.05, 0) is 70.5 Å². The van der Waals surface area contributed by atoms with Gasteiger partial charge in [-0.25, -0.2) is 9.59 Å². The minimum absolute atomic E-state index is 0.158. The summed E-state index contributed by atoms with van der Waals surface area (Å²) in [6.07, 6.45) is 0. The van der Waals surface area contributed by atoms with Crippen LogP contribution in [0.2, 0.25) is 0 Å². The van der Waals surface area contributed by atoms with E-state index in [1.165, 1.54) is 17.8 Å². The average Bonchev–Trinajstić information content (AvgIpc) is 2.79. The van der Waals surface area contributed by atoms with Crippen molar-refractivity contribution in [1.29, 1.82) is 0 Å². The Bertz CT molecular complexity index is 1230. The van der Waals surface area contributed by atoms with Crippen molar-refractivity contribution in [3.63, 3.8) is 0 Å². The molecule has 0 atom stereocenters. The zero-order valence-electron chi connectivity index (χ0n) is 16.9. The molecule has 0 radical (unpaired) electrons. The van der Waals surface area contributed by atoms with Gasteiger partial charge in [0, 0.05) is 15.1 Å². The highest BCUT2D eigenvalue weighted by molar-refractivity contribution is 9.10. The maximum atomic E-state index is 12.5. The molecule has 0 fully saturated rings. The Hall–Kier alpha value is -3.63.